The number of rotatable bonds is 4. The highest BCUT2D eigenvalue weighted by Crippen LogP contribution is 2.16. The molecule has 1 aromatic carbocycles. The molecule has 1 N–H and O–H groups in total. The van der Waals surface area contributed by atoms with Crippen molar-refractivity contribution in [1.82, 2.24) is 15.2 Å². The van der Waals surface area contributed by atoms with Crippen LogP contribution in [0.4, 0.5) is 5.69 Å². The van der Waals surface area contributed by atoms with Crippen LogP contribution < -0.4 is 5.32 Å². The van der Waals surface area contributed by atoms with E-state index in [4.69, 9.17) is 4.42 Å². The van der Waals surface area contributed by atoms with E-state index in [9.17, 15) is 4.79 Å². The van der Waals surface area contributed by atoms with Crippen LogP contribution in [0.15, 0.2) is 59.3 Å². The maximum absolute atomic E-state index is 11.9. The first-order chi connectivity index (χ1) is 10.3. The molecule has 2 aromatic heterocycles. The number of benzene rings is 1. The van der Waals surface area contributed by atoms with Gasteiger partial charge < -0.3 is 9.73 Å². The quantitative estimate of drug-likeness (QED) is 0.793. The molecule has 6 nitrogen and oxygen atoms in total. The molecule has 0 spiro atoms. The van der Waals surface area contributed by atoms with Crippen molar-refractivity contribution in [3.05, 3.63) is 60.7 Å². The molecule has 0 saturated heterocycles. The van der Waals surface area contributed by atoms with Crippen LogP contribution in [0.3, 0.4) is 0 Å². The normalized spacial score (nSPS) is 10.3. The first-order valence-corrected chi connectivity index (χ1v) is 6.39. The number of para-hydroxylation sites is 1. The Morgan fingerprint density at radius 3 is 2.57 bits per heavy atom. The fourth-order valence-corrected chi connectivity index (χ4v) is 1.80. The van der Waals surface area contributed by atoms with E-state index in [0.717, 1.165) is 11.3 Å². The lowest BCUT2D eigenvalue weighted by atomic mass is 10.3. The SMILES string of the molecule is O=C(Cc1nnc(-c2ccncc2)o1)Nc1ccccc1. The minimum atomic E-state index is -0.203. The van der Waals surface area contributed by atoms with Gasteiger partial charge in [0.2, 0.25) is 17.7 Å². The van der Waals surface area contributed by atoms with Gasteiger partial charge in [0.15, 0.2) is 0 Å². The molecular weight excluding hydrogens is 268 g/mol. The Labute approximate surface area is 120 Å². The minimum Gasteiger partial charge on any atom is -0.420 e. The monoisotopic (exact) mass is 280 g/mol. The molecule has 3 aromatic rings. The van der Waals surface area contributed by atoms with E-state index in [1.54, 1.807) is 24.5 Å². The second kappa shape index (κ2) is 5.96. The van der Waals surface area contributed by atoms with E-state index < -0.39 is 0 Å². The lowest BCUT2D eigenvalue weighted by molar-refractivity contribution is -0.115. The third-order valence-electron chi connectivity index (χ3n) is 2.76. The maximum atomic E-state index is 11.9. The molecule has 0 atom stereocenters. The van der Waals surface area contributed by atoms with Gasteiger partial charge >= 0.3 is 0 Å². The Morgan fingerprint density at radius 1 is 1.05 bits per heavy atom. The fourth-order valence-electron chi connectivity index (χ4n) is 1.80. The number of hydrogen-bond donors (Lipinski definition) is 1. The Hall–Kier alpha value is -3.02. The van der Waals surface area contributed by atoms with Crippen molar-refractivity contribution in [1.29, 1.82) is 0 Å². The summed E-state index contributed by atoms with van der Waals surface area (Å²) < 4.78 is 5.47. The van der Waals surface area contributed by atoms with Gasteiger partial charge in [-0.1, -0.05) is 18.2 Å². The number of carbonyl (C=O) groups excluding carboxylic acids is 1. The summed E-state index contributed by atoms with van der Waals surface area (Å²) in [6.07, 6.45) is 3.32. The van der Waals surface area contributed by atoms with Crippen LogP contribution in [-0.2, 0) is 11.2 Å². The van der Waals surface area contributed by atoms with Gasteiger partial charge in [0.1, 0.15) is 6.42 Å². The Balaban J connectivity index is 1.66. The Morgan fingerprint density at radius 2 is 1.81 bits per heavy atom. The fraction of sp³-hybridized carbons (Fsp3) is 0.0667. The van der Waals surface area contributed by atoms with Crippen molar-refractivity contribution < 1.29 is 9.21 Å². The zero-order valence-electron chi connectivity index (χ0n) is 11.1. The van der Waals surface area contributed by atoms with Crippen LogP contribution in [0, 0.1) is 0 Å². The van der Waals surface area contributed by atoms with Crippen molar-refractivity contribution in [3.63, 3.8) is 0 Å². The molecule has 0 saturated carbocycles. The van der Waals surface area contributed by atoms with Crippen LogP contribution in [-0.4, -0.2) is 21.1 Å². The summed E-state index contributed by atoms with van der Waals surface area (Å²) in [5, 5.41) is 10.6. The molecule has 0 radical (unpaired) electrons. The highest BCUT2D eigenvalue weighted by atomic mass is 16.4. The van der Waals surface area contributed by atoms with Gasteiger partial charge in [-0.15, -0.1) is 10.2 Å². The third-order valence-corrected chi connectivity index (χ3v) is 2.76. The van der Waals surface area contributed by atoms with Gasteiger partial charge in [-0.25, -0.2) is 0 Å². The van der Waals surface area contributed by atoms with E-state index in [2.05, 4.69) is 20.5 Å². The van der Waals surface area contributed by atoms with Gasteiger partial charge in [-0.2, -0.15) is 0 Å². The Bertz CT molecular complexity index is 726. The molecule has 0 unspecified atom stereocenters. The average molecular weight is 280 g/mol. The van der Waals surface area contributed by atoms with Crippen molar-refractivity contribution in [3.8, 4) is 11.5 Å². The predicted octanol–water partition coefficient (Wildman–Crippen LogP) is 2.31. The highest BCUT2D eigenvalue weighted by Gasteiger charge is 2.12. The van der Waals surface area contributed by atoms with Crippen molar-refractivity contribution >= 4 is 11.6 Å². The second-order valence-corrected chi connectivity index (χ2v) is 4.33. The van der Waals surface area contributed by atoms with Crippen molar-refractivity contribution in [2.24, 2.45) is 0 Å². The molecule has 2 heterocycles. The van der Waals surface area contributed by atoms with E-state index in [1.807, 2.05) is 30.3 Å². The predicted molar refractivity (Wildman–Crippen MR) is 76.3 cm³/mol. The molecule has 1 amide bonds. The number of hydrogen-bond acceptors (Lipinski definition) is 5. The molecule has 21 heavy (non-hydrogen) atoms. The number of nitrogens with one attached hydrogen (secondary N) is 1. The van der Waals surface area contributed by atoms with Gasteiger partial charge in [0, 0.05) is 23.6 Å². The molecule has 6 heteroatoms. The molecule has 0 aliphatic rings. The first-order valence-electron chi connectivity index (χ1n) is 6.39. The summed E-state index contributed by atoms with van der Waals surface area (Å²) in [5.41, 5.74) is 1.50. The van der Waals surface area contributed by atoms with Crippen LogP contribution in [0.1, 0.15) is 5.89 Å². The Kier molecular flexibility index (Phi) is 3.68. The van der Waals surface area contributed by atoms with Gasteiger partial charge in [0.25, 0.3) is 0 Å². The van der Waals surface area contributed by atoms with Crippen LogP contribution in [0.5, 0.6) is 0 Å². The number of anilines is 1. The van der Waals surface area contributed by atoms with Crippen LogP contribution in [0.2, 0.25) is 0 Å². The summed E-state index contributed by atoms with van der Waals surface area (Å²) in [7, 11) is 0. The number of aromatic nitrogens is 3. The van der Waals surface area contributed by atoms with E-state index in [0.29, 0.717) is 5.89 Å². The van der Waals surface area contributed by atoms with Crippen LogP contribution in [0.25, 0.3) is 11.5 Å². The van der Waals surface area contributed by atoms with Gasteiger partial charge in [0.05, 0.1) is 0 Å². The summed E-state index contributed by atoms with van der Waals surface area (Å²) in [4.78, 5) is 15.8. The third kappa shape index (κ3) is 3.30. The molecular formula is C15H12N4O2. The molecule has 0 aliphatic carbocycles. The van der Waals surface area contributed by atoms with Crippen molar-refractivity contribution in [2.75, 3.05) is 5.32 Å². The van der Waals surface area contributed by atoms with E-state index in [-0.39, 0.29) is 18.2 Å². The topological polar surface area (TPSA) is 80.9 Å². The molecule has 0 aliphatic heterocycles. The number of carbonyl (C=O) groups is 1. The summed E-state index contributed by atoms with van der Waals surface area (Å²) in [6, 6.07) is 12.7. The molecule has 0 bridgehead atoms. The van der Waals surface area contributed by atoms with Gasteiger partial charge in [-0.05, 0) is 24.3 Å². The summed E-state index contributed by atoms with van der Waals surface area (Å²) in [6.45, 7) is 0. The zero-order chi connectivity index (χ0) is 14.5. The van der Waals surface area contributed by atoms with E-state index >= 15 is 0 Å². The molecule has 3 rings (SSSR count). The maximum Gasteiger partial charge on any atom is 0.247 e. The molecule has 0 fully saturated rings. The second-order valence-electron chi connectivity index (χ2n) is 4.33. The smallest absolute Gasteiger partial charge is 0.247 e. The average Bonchev–Trinajstić information content (AvgIpc) is 2.97. The lowest BCUT2D eigenvalue weighted by Gasteiger charge is -2.02. The highest BCUT2D eigenvalue weighted by molar-refractivity contribution is 5.91. The minimum absolute atomic E-state index is 0.0347. The largest absolute Gasteiger partial charge is 0.420 e. The first kappa shape index (κ1) is 13.0. The zero-order valence-corrected chi connectivity index (χ0v) is 11.1. The van der Waals surface area contributed by atoms with Crippen LogP contribution >= 0.6 is 0 Å². The molecule has 104 valence electrons. The lowest BCUT2D eigenvalue weighted by Crippen LogP contribution is -2.14. The number of pyridine rings is 1. The van der Waals surface area contributed by atoms with E-state index in [1.165, 1.54) is 0 Å². The summed E-state index contributed by atoms with van der Waals surface area (Å²) >= 11 is 0. The van der Waals surface area contributed by atoms with Gasteiger partial charge in [-0.3, -0.25) is 9.78 Å². The van der Waals surface area contributed by atoms with Crippen molar-refractivity contribution in [2.45, 2.75) is 6.42 Å². The number of nitrogens with zero attached hydrogens (tertiary/aromatic N) is 3. The summed E-state index contributed by atoms with van der Waals surface area (Å²) in [5.74, 6) is 0.446. The standard InChI is InChI=1S/C15H12N4O2/c20-13(17-12-4-2-1-3-5-12)10-14-18-19-15(21-14)11-6-8-16-9-7-11/h1-9H,10H2,(H,17,20). The number of amides is 1.